The first-order chi connectivity index (χ1) is 7.78. The number of aliphatic imine (C=N–C) groups is 1. The number of methoxy groups -OCH3 is 3. The van der Waals surface area contributed by atoms with E-state index in [0.717, 1.165) is 0 Å². The SMILES string of the molecule is COCCNC(=NCC(COC)OC)NN. The maximum atomic E-state index is 5.30. The van der Waals surface area contributed by atoms with Gasteiger partial charge in [-0.05, 0) is 0 Å². The van der Waals surface area contributed by atoms with Crippen LogP contribution in [0.4, 0.5) is 0 Å². The zero-order valence-corrected chi connectivity index (χ0v) is 10.2. The van der Waals surface area contributed by atoms with Gasteiger partial charge in [0.1, 0.15) is 6.10 Å². The molecule has 0 aromatic heterocycles. The van der Waals surface area contributed by atoms with E-state index >= 15 is 0 Å². The summed E-state index contributed by atoms with van der Waals surface area (Å²) in [7, 11) is 4.87. The van der Waals surface area contributed by atoms with Gasteiger partial charge in [-0.2, -0.15) is 0 Å². The largest absolute Gasteiger partial charge is 0.383 e. The molecule has 7 heteroatoms. The van der Waals surface area contributed by atoms with Crippen molar-refractivity contribution in [3.05, 3.63) is 0 Å². The second-order valence-corrected chi connectivity index (χ2v) is 3.07. The standard InChI is InChI=1S/C9H22N4O3/c1-14-5-4-11-9(13-10)12-6-8(16-3)7-15-2/h8H,4-7,10H2,1-3H3,(H2,11,12,13). The highest BCUT2D eigenvalue weighted by atomic mass is 16.5. The molecule has 4 N–H and O–H groups in total. The van der Waals surface area contributed by atoms with Gasteiger partial charge in [-0.15, -0.1) is 0 Å². The Hall–Kier alpha value is -0.890. The van der Waals surface area contributed by atoms with Gasteiger partial charge in [-0.25, -0.2) is 10.8 Å². The zero-order chi connectivity index (χ0) is 12.2. The van der Waals surface area contributed by atoms with Crippen LogP contribution in [0.3, 0.4) is 0 Å². The van der Waals surface area contributed by atoms with E-state index in [2.05, 4.69) is 15.7 Å². The molecule has 0 bridgehead atoms. The first-order valence-electron chi connectivity index (χ1n) is 5.04. The summed E-state index contributed by atoms with van der Waals surface area (Å²) in [5, 5.41) is 2.98. The van der Waals surface area contributed by atoms with E-state index in [1.165, 1.54) is 0 Å². The molecule has 1 atom stereocenters. The number of rotatable bonds is 8. The minimum atomic E-state index is -0.0717. The minimum Gasteiger partial charge on any atom is -0.383 e. The summed E-state index contributed by atoms with van der Waals surface area (Å²) in [6.07, 6.45) is -0.0717. The summed E-state index contributed by atoms with van der Waals surface area (Å²) in [5.41, 5.74) is 2.47. The van der Waals surface area contributed by atoms with E-state index in [0.29, 0.717) is 32.3 Å². The Morgan fingerprint density at radius 3 is 2.56 bits per heavy atom. The second-order valence-electron chi connectivity index (χ2n) is 3.07. The predicted octanol–water partition coefficient (Wildman–Crippen LogP) is -1.30. The molecule has 0 aromatic rings. The smallest absolute Gasteiger partial charge is 0.205 e. The summed E-state index contributed by atoms with van der Waals surface area (Å²) in [6, 6.07) is 0. The van der Waals surface area contributed by atoms with Gasteiger partial charge in [0.2, 0.25) is 5.96 Å². The van der Waals surface area contributed by atoms with Crippen molar-refractivity contribution in [1.82, 2.24) is 10.7 Å². The Kier molecular flexibility index (Phi) is 10.0. The van der Waals surface area contributed by atoms with Crippen LogP contribution in [-0.2, 0) is 14.2 Å². The lowest BCUT2D eigenvalue weighted by molar-refractivity contribution is 0.0343. The molecule has 0 radical (unpaired) electrons. The molecule has 0 amide bonds. The normalized spacial score (nSPS) is 13.6. The Bertz CT molecular complexity index is 190. The van der Waals surface area contributed by atoms with Crippen LogP contribution < -0.4 is 16.6 Å². The molecule has 0 aliphatic carbocycles. The first kappa shape index (κ1) is 15.1. The number of guanidine groups is 1. The monoisotopic (exact) mass is 234 g/mol. The van der Waals surface area contributed by atoms with Gasteiger partial charge in [0, 0.05) is 27.9 Å². The highest BCUT2D eigenvalue weighted by Crippen LogP contribution is 1.91. The lowest BCUT2D eigenvalue weighted by Gasteiger charge is -2.13. The van der Waals surface area contributed by atoms with Crippen molar-refractivity contribution in [2.75, 3.05) is 47.6 Å². The van der Waals surface area contributed by atoms with E-state index in [1.807, 2.05) is 0 Å². The first-order valence-corrected chi connectivity index (χ1v) is 5.04. The fourth-order valence-corrected chi connectivity index (χ4v) is 0.998. The van der Waals surface area contributed by atoms with Crippen molar-refractivity contribution in [2.45, 2.75) is 6.10 Å². The minimum absolute atomic E-state index is 0.0717. The van der Waals surface area contributed by atoms with Gasteiger partial charge < -0.3 is 19.5 Å². The second kappa shape index (κ2) is 10.6. The number of nitrogens with zero attached hydrogens (tertiary/aromatic N) is 1. The van der Waals surface area contributed by atoms with Crippen LogP contribution in [0.5, 0.6) is 0 Å². The summed E-state index contributed by atoms with van der Waals surface area (Å²) in [4.78, 5) is 4.21. The number of nitrogens with two attached hydrogens (primary N) is 1. The van der Waals surface area contributed by atoms with Crippen molar-refractivity contribution >= 4 is 5.96 Å². The molecule has 0 saturated carbocycles. The van der Waals surface area contributed by atoms with Crippen LogP contribution in [0.2, 0.25) is 0 Å². The molecule has 96 valence electrons. The summed E-state index contributed by atoms with van der Waals surface area (Å²) < 4.78 is 15.0. The topological polar surface area (TPSA) is 90.1 Å². The predicted molar refractivity (Wildman–Crippen MR) is 62.2 cm³/mol. The summed E-state index contributed by atoms with van der Waals surface area (Å²) in [5.74, 6) is 5.81. The number of hydrogen-bond acceptors (Lipinski definition) is 5. The van der Waals surface area contributed by atoms with Crippen LogP contribution in [0.15, 0.2) is 4.99 Å². The molecule has 0 aromatic carbocycles. The Morgan fingerprint density at radius 1 is 1.31 bits per heavy atom. The van der Waals surface area contributed by atoms with Crippen molar-refractivity contribution in [2.24, 2.45) is 10.8 Å². The van der Waals surface area contributed by atoms with Crippen molar-refractivity contribution in [1.29, 1.82) is 0 Å². The van der Waals surface area contributed by atoms with Crippen molar-refractivity contribution in [3.8, 4) is 0 Å². The Morgan fingerprint density at radius 2 is 2.06 bits per heavy atom. The third kappa shape index (κ3) is 7.41. The third-order valence-corrected chi connectivity index (χ3v) is 1.87. The summed E-state index contributed by atoms with van der Waals surface area (Å²) >= 11 is 0. The van der Waals surface area contributed by atoms with Gasteiger partial charge in [-0.1, -0.05) is 0 Å². The fourth-order valence-electron chi connectivity index (χ4n) is 0.998. The molecule has 0 saturated heterocycles. The molecule has 16 heavy (non-hydrogen) atoms. The molecular weight excluding hydrogens is 212 g/mol. The molecule has 0 aliphatic heterocycles. The quantitative estimate of drug-likeness (QED) is 0.159. The Balaban J connectivity index is 3.92. The van der Waals surface area contributed by atoms with Crippen LogP contribution in [0.25, 0.3) is 0 Å². The van der Waals surface area contributed by atoms with Crippen LogP contribution in [-0.4, -0.2) is 59.7 Å². The highest BCUT2D eigenvalue weighted by Gasteiger charge is 2.06. The molecule has 0 heterocycles. The highest BCUT2D eigenvalue weighted by molar-refractivity contribution is 5.79. The average molecular weight is 234 g/mol. The molecule has 0 rings (SSSR count). The molecule has 0 spiro atoms. The van der Waals surface area contributed by atoms with Crippen LogP contribution >= 0.6 is 0 Å². The average Bonchev–Trinajstić information content (AvgIpc) is 2.31. The number of nitrogens with one attached hydrogen (secondary N) is 2. The number of hydrogen-bond donors (Lipinski definition) is 3. The number of ether oxygens (including phenoxy) is 3. The van der Waals surface area contributed by atoms with E-state index in [1.54, 1.807) is 21.3 Å². The van der Waals surface area contributed by atoms with Crippen molar-refractivity contribution in [3.63, 3.8) is 0 Å². The maximum Gasteiger partial charge on any atom is 0.205 e. The molecule has 7 nitrogen and oxygen atoms in total. The Labute approximate surface area is 96.3 Å². The van der Waals surface area contributed by atoms with E-state index in [-0.39, 0.29) is 6.10 Å². The fraction of sp³-hybridized carbons (Fsp3) is 0.889. The van der Waals surface area contributed by atoms with Crippen LogP contribution in [0, 0.1) is 0 Å². The van der Waals surface area contributed by atoms with Crippen molar-refractivity contribution < 1.29 is 14.2 Å². The number of hydrazine groups is 1. The van der Waals surface area contributed by atoms with E-state index < -0.39 is 0 Å². The molecule has 0 fully saturated rings. The molecule has 1 unspecified atom stereocenters. The van der Waals surface area contributed by atoms with E-state index in [4.69, 9.17) is 20.1 Å². The van der Waals surface area contributed by atoms with Gasteiger partial charge in [0.15, 0.2) is 0 Å². The van der Waals surface area contributed by atoms with Gasteiger partial charge in [-0.3, -0.25) is 5.43 Å². The van der Waals surface area contributed by atoms with Crippen LogP contribution in [0.1, 0.15) is 0 Å². The van der Waals surface area contributed by atoms with Gasteiger partial charge in [0.25, 0.3) is 0 Å². The van der Waals surface area contributed by atoms with Gasteiger partial charge in [0.05, 0.1) is 19.8 Å². The van der Waals surface area contributed by atoms with Gasteiger partial charge >= 0.3 is 0 Å². The lowest BCUT2D eigenvalue weighted by Crippen LogP contribution is -2.43. The summed E-state index contributed by atoms with van der Waals surface area (Å²) in [6.45, 7) is 2.20. The zero-order valence-electron chi connectivity index (χ0n) is 10.2. The molecular formula is C9H22N4O3. The molecule has 0 aliphatic rings. The maximum absolute atomic E-state index is 5.30. The van der Waals surface area contributed by atoms with E-state index in [9.17, 15) is 0 Å². The third-order valence-electron chi connectivity index (χ3n) is 1.87. The lowest BCUT2D eigenvalue weighted by atomic mass is 10.4.